The first kappa shape index (κ1) is 17.3. The molecule has 1 fully saturated rings. The van der Waals surface area contributed by atoms with Crippen LogP contribution in [0.1, 0.15) is 56.6 Å². The summed E-state index contributed by atoms with van der Waals surface area (Å²) < 4.78 is 5.34. The van der Waals surface area contributed by atoms with Gasteiger partial charge in [-0.2, -0.15) is 0 Å². The third-order valence-electron chi connectivity index (χ3n) is 5.87. The molecule has 1 aliphatic carbocycles. The Morgan fingerprint density at radius 1 is 1.38 bits per heavy atom. The van der Waals surface area contributed by atoms with E-state index >= 15 is 0 Å². The molecule has 4 heteroatoms. The summed E-state index contributed by atoms with van der Waals surface area (Å²) in [4.78, 5) is 14.9. The molecular formula is C20H30N2O2. The number of aryl methyl sites for hydroxylation is 1. The van der Waals surface area contributed by atoms with E-state index in [0.29, 0.717) is 12.3 Å². The zero-order chi connectivity index (χ0) is 17.3. The predicted octanol–water partition coefficient (Wildman–Crippen LogP) is 3.09. The van der Waals surface area contributed by atoms with Crippen molar-refractivity contribution >= 4 is 5.91 Å². The van der Waals surface area contributed by atoms with Crippen molar-refractivity contribution in [2.75, 3.05) is 20.2 Å². The van der Waals surface area contributed by atoms with E-state index in [4.69, 9.17) is 10.5 Å². The molecule has 0 saturated carbocycles. The van der Waals surface area contributed by atoms with Crippen LogP contribution in [0.4, 0.5) is 0 Å². The van der Waals surface area contributed by atoms with Gasteiger partial charge in [0.1, 0.15) is 5.75 Å². The van der Waals surface area contributed by atoms with Gasteiger partial charge in [-0.1, -0.05) is 19.9 Å². The lowest BCUT2D eigenvalue weighted by molar-refractivity contribution is -0.135. The number of likely N-dealkylation sites (tertiary alicyclic amines) is 1. The Kier molecular flexibility index (Phi) is 4.86. The highest BCUT2D eigenvalue weighted by Gasteiger charge is 2.36. The number of amides is 1. The second-order valence-corrected chi connectivity index (χ2v) is 8.06. The van der Waals surface area contributed by atoms with Gasteiger partial charge in [-0.25, -0.2) is 0 Å². The maximum atomic E-state index is 12.9. The van der Waals surface area contributed by atoms with Gasteiger partial charge in [-0.3, -0.25) is 4.79 Å². The van der Waals surface area contributed by atoms with Gasteiger partial charge in [0.2, 0.25) is 5.91 Å². The van der Waals surface area contributed by atoms with E-state index in [1.165, 1.54) is 11.1 Å². The van der Waals surface area contributed by atoms with Gasteiger partial charge in [0.25, 0.3) is 0 Å². The topological polar surface area (TPSA) is 55.6 Å². The summed E-state index contributed by atoms with van der Waals surface area (Å²) >= 11 is 0. The van der Waals surface area contributed by atoms with E-state index in [2.05, 4.69) is 26.0 Å². The molecule has 1 aromatic carbocycles. The van der Waals surface area contributed by atoms with Crippen molar-refractivity contribution in [2.24, 2.45) is 11.1 Å². The summed E-state index contributed by atoms with van der Waals surface area (Å²) in [6, 6.07) is 6.49. The number of hydrogen-bond acceptors (Lipinski definition) is 3. The first-order valence-corrected chi connectivity index (χ1v) is 9.11. The summed E-state index contributed by atoms with van der Waals surface area (Å²) in [6.07, 6.45) is 4.85. The number of nitrogens with two attached hydrogens (primary N) is 1. The molecule has 1 aliphatic heterocycles. The maximum Gasteiger partial charge on any atom is 0.223 e. The highest BCUT2D eigenvalue weighted by atomic mass is 16.5. The molecule has 24 heavy (non-hydrogen) atoms. The Bertz CT molecular complexity index is 612. The van der Waals surface area contributed by atoms with Crippen LogP contribution >= 0.6 is 0 Å². The standard InChI is InChI=1S/C20H30N2O2/c1-20(2)13-22(10-9-18(20)21)19(23)12-15-6-4-5-14-11-16(24-3)7-8-17(14)15/h7-8,11,15,18H,4-6,9-10,12-13,21H2,1-3H3. The maximum absolute atomic E-state index is 12.9. The summed E-state index contributed by atoms with van der Waals surface area (Å²) in [7, 11) is 1.70. The smallest absolute Gasteiger partial charge is 0.223 e. The number of carbonyl (C=O) groups is 1. The number of methoxy groups -OCH3 is 1. The summed E-state index contributed by atoms with van der Waals surface area (Å²) in [5.74, 6) is 1.53. The number of rotatable bonds is 3. The van der Waals surface area contributed by atoms with E-state index in [1.54, 1.807) is 7.11 Å². The average molecular weight is 330 g/mol. The lowest BCUT2D eigenvalue weighted by Gasteiger charge is -2.43. The summed E-state index contributed by atoms with van der Waals surface area (Å²) in [5.41, 5.74) is 8.89. The molecule has 132 valence electrons. The van der Waals surface area contributed by atoms with Crippen LogP contribution in [0.3, 0.4) is 0 Å². The van der Waals surface area contributed by atoms with E-state index in [9.17, 15) is 4.79 Å². The molecule has 3 rings (SSSR count). The first-order valence-electron chi connectivity index (χ1n) is 9.11. The molecule has 4 nitrogen and oxygen atoms in total. The number of nitrogens with zero attached hydrogens (tertiary/aromatic N) is 1. The SMILES string of the molecule is COc1ccc2c(c1)CCCC2CC(=O)N1CCC(N)C(C)(C)C1. The van der Waals surface area contributed by atoms with E-state index in [1.807, 2.05) is 11.0 Å². The molecular weight excluding hydrogens is 300 g/mol. The lowest BCUT2D eigenvalue weighted by atomic mass is 9.78. The van der Waals surface area contributed by atoms with E-state index in [0.717, 1.165) is 44.5 Å². The van der Waals surface area contributed by atoms with E-state index < -0.39 is 0 Å². The third-order valence-corrected chi connectivity index (χ3v) is 5.87. The first-order chi connectivity index (χ1) is 11.4. The van der Waals surface area contributed by atoms with Gasteiger partial charge in [0, 0.05) is 25.6 Å². The second-order valence-electron chi connectivity index (χ2n) is 8.06. The summed E-state index contributed by atoms with van der Waals surface area (Å²) in [6.45, 7) is 5.90. The normalized spacial score (nSPS) is 25.9. The highest BCUT2D eigenvalue weighted by Crippen LogP contribution is 2.37. The Balaban J connectivity index is 1.70. The number of piperidine rings is 1. The van der Waals surface area contributed by atoms with Gasteiger partial charge < -0.3 is 15.4 Å². The quantitative estimate of drug-likeness (QED) is 0.926. The molecule has 2 atom stereocenters. The highest BCUT2D eigenvalue weighted by molar-refractivity contribution is 5.77. The number of hydrogen-bond donors (Lipinski definition) is 1. The van der Waals surface area contributed by atoms with Crippen LogP contribution in [0.25, 0.3) is 0 Å². The minimum Gasteiger partial charge on any atom is -0.497 e. The minimum absolute atomic E-state index is 0.00570. The van der Waals surface area contributed by atoms with Crippen molar-refractivity contribution in [3.63, 3.8) is 0 Å². The molecule has 2 N–H and O–H groups in total. The molecule has 1 amide bonds. The van der Waals surface area contributed by atoms with Crippen LogP contribution < -0.4 is 10.5 Å². The molecule has 0 aromatic heterocycles. The number of fused-ring (bicyclic) bond motifs is 1. The molecule has 1 saturated heterocycles. The Hall–Kier alpha value is -1.55. The fourth-order valence-corrected chi connectivity index (χ4v) is 4.16. The van der Waals surface area contributed by atoms with Crippen LogP contribution in [0.5, 0.6) is 5.75 Å². The van der Waals surface area contributed by atoms with Crippen molar-refractivity contribution in [1.29, 1.82) is 0 Å². The van der Waals surface area contributed by atoms with Crippen molar-refractivity contribution in [3.05, 3.63) is 29.3 Å². The largest absolute Gasteiger partial charge is 0.497 e. The minimum atomic E-state index is 0.00570. The fourth-order valence-electron chi connectivity index (χ4n) is 4.16. The van der Waals surface area contributed by atoms with Gasteiger partial charge in [0.05, 0.1) is 7.11 Å². The predicted molar refractivity (Wildman–Crippen MR) is 96.2 cm³/mol. The van der Waals surface area contributed by atoms with Gasteiger partial charge >= 0.3 is 0 Å². The van der Waals surface area contributed by atoms with Crippen LogP contribution in [-0.4, -0.2) is 37.0 Å². The van der Waals surface area contributed by atoms with Gasteiger partial charge in [0.15, 0.2) is 0 Å². The van der Waals surface area contributed by atoms with Crippen LogP contribution in [0, 0.1) is 5.41 Å². The number of ether oxygens (including phenoxy) is 1. The van der Waals surface area contributed by atoms with Crippen molar-refractivity contribution in [2.45, 2.75) is 57.9 Å². The molecule has 0 radical (unpaired) electrons. The van der Waals surface area contributed by atoms with Gasteiger partial charge in [-0.15, -0.1) is 0 Å². The Morgan fingerprint density at radius 2 is 2.17 bits per heavy atom. The lowest BCUT2D eigenvalue weighted by Crippen LogP contribution is -2.54. The molecule has 2 aliphatic rings. The zero-order valence-corrected chi connectivity index (χ0v) is 15.2. The molecule has 1 aromatic rings. The Labute approximate surface area is 145 Å². The zero-order valence-electron chi connectivity index (χ0n) is 15.2. The Morgan fingerprint density at radius 3 is 2.88 bits per heavy atom. The number of benzene rings is 1. The molecule has 2 unspecified atom stereocenters. The van der Waals surface area contributed by atoms with Gasteiger partial charge in [-0.05, 0) is 60.3 Å². The van der Waals surface area contributed by atoms with Crippen molar-refractivity contribution < 1.29 is 9.53 Å². The fraction of sp³-hybridized carbons (Fsp3) is 0.650. The molecule has 1 heterocycles. The van der Waals surface area contributed by atoms with Crippen LogP contribution in [-0.2, 0) is 11.2 Å². The summed E-state index contributed by atoms with van der Waals surface area (Å²) in [5, 5.41) is 0. The monoisotopic (exact) mass is 330 g/mol. The molecule has 0 bridgehead atoms. The third kappa shape index (κ3) is 3.44. The van der Waals surface area contributed by atoms with Crippen molar-refractivity contribution in [1.82, 2.24) is 4.90 Å². The molecule has 0 spiro atoms. The van der Waals surface area contributed by atoms with Crippen molar-refractivity contribution in [3.8, 4) is 5.75 Å². The van der Waals surface area contributed by atoms with E-state index in [-0.39, 0.29) is 17.4 Å². The number of carbonyl (C=O) groups excluding carboxylic acids is 1. The van der Waals surface area contributed by atoms with Crippen LogP contribution in [0.15, 0.2) is 18.2 Å². The average Bonchev–Trinajstić information content (AvgIpc) is 2.57. The van der Waals surface area contributed by atoms with Crippen LogP contribution in [0.2, 0.25) is 0 Å². The second kappa shape index (κ2) is 6.75.